The molecule has 0 aliphatic heterocycles. The summed E-state index contributed by atoms with van der Waals surface area (Å²) in [6, 6.07) is 8.12. The van der Waals surface area contributed by atoms with E-state index in [2.05, 4.69) is 10.6 Å². The fraction of sp³-hybridized carbons (Fsp3) is 0.625. The molecular formula is C24H36N2O4. The minimum absolute atomic E-state index is 0.0339. The molecule has 6 nitrogen and oxygen atoms in total. The highest BCUT2D eigenvalue weighted by Gasteiger charge is 2.31. The number of hydrogen-bond acceptors (Lipinski definition) is 4. The van der Waals surface area contributed by atoms with Crippen LogP contribution in [0.15, 0.2) is 30.3 Å². The van der Waals surface area contributed by atoms with Crippen LogP contribution in [-0.2, 0) is 25.5 Å². The number of carbonyl (C=O) groups excluding carboxylic acids is 3. The van der Waals surface area contributed by atoms with E-state index in [1.54, 1.807) is 20.8 Å². The maximum atomic E-state index is 13.1. The highest BCUT2D eigenvalue weighted by molar-refractivity contribution is 5.91. The Morgan fingerprint density at radius 3 is 2.23 bits per heavy atom. The lowest BCUT2D eigenvalue weighted by molar-refractivity contribution is -0.159. The molecule has 1 aromatic rings. The maximum absolute atomic E-state index is 13.1. The van der Waals surface area contributed by atoms with Gasteiger partial charge in [0.2, 0.25) is 11.8 Å². The third kappa shape index (κ3) is 7.81. The highest BCUT2D eigenvalue weighted by Crippen LogP contribution is 2.25. The molecule has 1 aromatic carbocycles. The van der Waals surface area contributed by atoms with Gasteiger partial charge in [-0.2, -0.15) is 0 Å². The molecule has 166 valence electrons. The maximum Gasteiger partial charge on any atom is 0.329 e. The number of ether oxygens (including phenoxy) is 1. The van der Waals surface area contributed by atoms with Gasteiger partial charge in [0.15, 0.2) is 0 Å². The molecule has 1 aliphatic carbocycles. The van der Waals surface area contributed by atoms with Gasteiger partial charge < -0.3 is 15.4 Å². The average molecular weight is 417 g/mol. The number of esters is 1. The normalized spacial score (nSPS) is 16.5. The van der Waals surface area contributed by atoms with E-state index < -0.39 is 23.7 Å². The van der Waals surface area contributed by atoms with Crippen LogP contribution in [0.4, 0.5) is 0 Å². The zero-order valence-corrected chi connectivity index (χ0v) is 18.7. The van der Waals surface area contributed by atoms with Gasteiger partial charge in [-0.1, -0.05) is 56.5 Å². The van der Waals surface area contributed by atoms with Crippen LogP contribution in [0.25, 0.3) is 0 Å². The van der Waals surface area contributed by atoms with Crippen molar-refractivity contribution in [3.63, 3.8) is 0 Å². The summed E-state index contributed by atoms with van der Waals surface area (Å²) in [5, 5.41) is 5.77. The summed E-state index contributed by atoms with van der Waals surface area (Å²) < 4.78 is 5.47. The molecule has 1 fully saturated rings. The average Bonchev–Trinajstić information content (AvgIpc) is 3.21. The molecule has 2 atom stereocenters. The van der Waals surface area contributed by atoms with E-state index in [9.17, 15) is 14.4 Å². The van der Waals surface area contributed by atoms with Crippen molar-refractivity contribution in [2.45, 2.75) is 90.3 Å². The predicted octanol–water partition coefficient (Wildman–Crippen LogP) is 3.53. The van der Waals surface area contributed by atoms with Crippen LogP contribution in [0.1, 0.15) is 71.8 Å². The molecule has 6 heteroatoms. The molecule has 0 bridgehead atoms. The number of carbonyl (C=O) groups is 3. The summed E-state index contributed by atoms with van der Waals surface area (Å²) in [6.45, 7) is 7.36. The SMILES string of the molecule is CCC[C@H](NC(=O)[C@@H](Cc1ccccc1)NC(=O)C1CCCC1)C(=O)OC(C)(C)C. The molecule has 1 saturated carbocycles. The molecule has 2 amide bonds. The van der Waals surface area contributed by atoms with Crippen LogP contribution in [0, 0.1) is 5.92 Å². The lowest BCUT2D eigenvalue weighted by Crippen LogP contribution is -2.54. The van der Waals surface area contributed by atoms with E-state index in [0.29, 0.717) is 12.8 Å². The standard InChI is InChI=1S/C24H36N2O4/c1-5-11-19(23(29)30-24(2,3)4)25-22(28)20(16-17-12-7-6-8-13-17)26-21(27)18-14-9-10-15-18/h6-8,12-13,18-20H,5,9-11,14-16H2,1-4H3,(H,25,28)(H,26,27)/t19-,20+/m0/s1. The minimum Gasteiger partial charge on any atom is -0.458 e. The second-order valence-electron chi connectivity index (χ2n) is 9.12. The predicted molar refractivity (Wildman–Crippen MR) is 117 cm³/mol. The van der Waals surface area contributed by atoms with Crippen LogP contribution in [-0.4, -0.2) is 35.5 Å². The molecule has 0 heterocycles. The first kappa shape index (κ1) is 23.9. The first-order valence-electron chi connectivity index (χ1n) is 11.1. The number of hydrogen-bond donors (Lipinski definition) is 2. The zero-order valence-electron chi connectivity index (χ0n) is 18.7. The van der Waals surface area contributed by atoms with Gasteiger partial charge in [-0.25, -0.2) is 4.79 Å². The Hall–Kier alpha value is -2.37. The Balaban J connectivity index is 2.12. The van der Waals surface area contributed by atoms with Crippen LogP contribution < -0.4 is 10.6 Å². The van der Waals surface area contributed by atoms with Crippen LogP contribution in [0.5, 0.6) is 0 Å². The van der Waals surface area contributed by atoms with Crippen molar-refractivity contribution in [2.75, 3.05) is 0 Å². The van der Waals surface area contributed by atoms with Crippen molar-refractivity contribution < 1.29 is 19.1 Å². The lowest BCUT2D eigenvalue weighted by atomic mass is 10.0. The molecule has 30 heavy (non-hydrogen) atoms. The van der Waals surface area contributed by atoms with Crippen molar-refractivity contribution >= 4 is 17.8 Å². The van der Waals surface area contributed by atoms with Gasteiger partial charge in [0.1, 0.15) is 17.7 Å². The Labute approximate surface area is 180 Å². The van der Waals surface area contributed by atoms with Crippen LogP contribution >= 0.6 is 0 Å². The Morgan fingerprint density at radius 2 is 1.67 bits per heavy atom. The van der Waals surface area contributed by atoms with Crippen molar-refractivity contribution in [3.8, 4) is 0 Å². The first-order chi connectivity index (χ1) is 14.2. The first-order valence-corrected chi connectivity index (χ1v) is 11.1. The quantitative estimate of drug-likeness (QED) is 0.603. The number of amides is 2. The van der Waals surface area contributed by atoms with E-state index >= 15 is 0 Å². The van der Waals surface area contributed by atoms with Crippen molar-refractivity contribution in [2.24, 2.45) is 5.92 Å². The largest absolute Gasteiger partial charge is 0.458 e. The second kappa shape index (κ2) is 11.1. The fourth-order valence-corrected chi connectivity index (χ4v) is 3.72. The van der Waals surface area contributed by atoms with Crippen molar-refractivity contribution in [1.29, 1.82) is 0 Å². The molecular weight excluding hydrogens is 380 g/mol. The topological polar surface area (TPSA) is 84.5 Å². The number of benzene rings is 1. The summed E-state index contributed by atoms with van der Waals surface area (Å²) in [6.07, 6.45) is 5.40. The smallest absolute Gasteiger partial charge is 0.329 e. The monoisotopic (exact) mass is 416 g/mol. The summed E-state index contributed by atoms with van der Waals surface area (Å²) in [5.74, 6) is -0.908. The summed E-state index contributed by atoms with van der Waals surface area (Å²) in [5.41, 5.74) is 0.321. The van der Waals surface area contributed by atoms with E-state index in [1.807, 2.05) is 37.3 Å². The van der Waals surface area contributed by atoms with E-state index in [0.717, 1.165) is 37.7 Å². The summed E-state index contributed by atoms with van der Waals surface area (Å²) in [4.78, 5) is 38.4. The molecule has 2 N–H and O–H groups in total. The lowest BCUT2D eigenvalue weighted by Gasteiger charge is -2.26. The van der Waals surface area contributed by atoms with E-state index in [1.165, 1.54) is 0 Å². The van der Waals surface area contributed by atoms with Crippen molar-refractivity contribution in [1.82, 2.24) is 10.6 Å². The summed E-state index contributed by atoms with van der Waals surface area (Å²) in [7, 11) is 0. The molecule has 0 unspecified atom stereocenters. The molecule has 0 radical (unpaired) electrons. The van der Waals surface area contributed by atoms with Crippen LogP contribution in [0.3, 0.4) is 0 Å². The van der Waals surface area contributed by atoms with Gasteiger partial charge in [-0.15, -0.1) is 0 Å². The van der Waals surface area contributed by atoms with Crippen LogP contribution in [0.2, 0.25) is 0 Å². The Morgan fingerprint density at radius 1 is 1.03 bits per heavy atom. The third-order valence-electron chi connectivity index (χ3n) is 5.23. The fourth-order valence-electron chi connectivity index (χ4n) is 3.72. The molecule has 1 aliphatic rings. The number of nitrogens with one attached hydrogen (secondary N) is 2. The summed E-state index contributed by atoms with van der Waals surface area (Å²) >= 11 is 0. The van der Waals surface area contributed by atoms with Crippen molar-refractivity contribution in [3.05, 3.63) is 35.9 Å². The molecule has 0 saturated heterocycles. The van der Waals surface area contributed by atoms with Gasteiger partial charge in [0.25, 0.3) is 0 Å². The molecule has 0 spiro atoms. The Bertz CT molecular complexity index is 706. The zero-order chi connectivity index (χ0) is 22.1. The van der Waals surface area contributed by atoms with Gasteiger partial charge in [-0.3, -0.25) is 9.59 Å². The van der Waals surface area contributed by atoms with E-state index in [-0.39, 0.29) is 17.7 Å². The Kier molecular flexibility index (Phi) is 8.88. The third-order valence-corrected chi connectivity index (χ3v) is 5.23. The molecule has 2 rings (SSSR count). The van der Waals surface area contributed by atoms with Gasteiger partial charge in [0, 0.05) is 12.3 Å². The van der Waals surface area contributed by atoms with Gasteiger partial charge in [-0.05, 0) is 45.6 Å². The molecule has 0 aromatic heterocycles. The second-order valence-corrected chi connectivity index (χ2v) is 9.12. The van der Waals surface area contributed by atoms with E-state index in [4.69, 9.17) is 4.74 Å². The number of rotatable bonds is 9. The van der Waals surface area contributed by atoms with Gasteiger partial charge in [0.05, 0.1) is 0 Å². The minimum atomic E-state index is -0.734. The highest BCUT2D eigenvalue weighted by atomic mass is 16.6. The van der Waals surface area contributed by atoms with Gasteiger partial charge >= 0.3 is 5.97 Å².